The first-order valence-corrected chi connectivity index (χ1v) is 17.2. The molecule has 0 aliphatic carbocycles. The molecular formula is C37H43ClF2N4O8. The SMILES string of the molecule is COc1cc2cc(c1Cl)N(C)C(=O)C[C@H](OC(=O)CN(C)C(=O)c1cc(F)c(N)cc1F)[C@]1(C)O[C@H]1[C@H](C)[C@@H]1CC(C/C=C/C=C(\C)C2)NC(=O)O1. The standard InChI is InChI=1S/C37H43ClF2N4O8/c1-19-9-7-8-10-22-14-28(50-36(48)42-22)20(2)34-37(3,52-34)30(17-31(45)44(5)27-12-21(11-19)13-29(49-6)33(27)38)51-32(46)18-43(4)35(47)23-15-25(40)26(41)16-24(23)39/h7-9,12-13,15-16,20,22,28,30,34H,10-11,14,17-18,41H2,1-6H3,(H,42,48)/b8-7+,19-9+/t20-,22?,28+,30+,34+,37+/m1/s1. The number of halogens is 3. The Labute approximate surface area is 305 Å². The number of hydrogen-bond donors (Lipinski definition) is 2. The van der Waals surface area contributed by atoms with Crippen molar-refractivity contribution >= 4 is 46.9 Å². The Morgan fingerprint density at radius 3 is 2.63 bits per heavy atom. The van der Waals surface area contributed by atoms with Crippen LogP contribution in [0.4, 0.5) is 25.0 Å². The van der Waals surface area contributed by atoms with Crippen LogP contribution in [0.1, 0.15) is 56.0 Å². The van der Waals surface area contributed by atoms with Gasteiger partial charge in [-0.15, -0.1) is 0 Å². The summed E-state index contributed by atoms with van der Waals surface area (Å²) >= 11 is 6.71. The lowest BCUT2D eigenvalue weighted by Crippen LogP contribution is -2.49. The second-order valence-electron chi connectivity index (χ2n) is 13.7. The smallest absolute Gasteiger partial charge is 0.407 e. The number of amides is 3. The molecule has 2 fully saturated rings. The highest BCUT2D eigenvalue weighted by molar-refractivity contribution is 6.35. The number of ether oxygens (including phenoxy) is 4. The molecule has 2 aromatic rings. The number of likely N-dealkylation sites (N-methyl/N-ethyl adjacent to an activating group) is 1. The third-order valence-electron chi connectivity index (χ3n) is 9.81. The van der Waals surface area contributed by atoms with Gasteiger partial charge in [0.25, 0.3) is 5.91 Å². The first-order chi connectivity index (χ1) is 24.5. The molecule has 1 unspecified atom stereocenters. The zero-order valence-corrected chi connectivity index (χ0v) is 30.6. The van der Waals surface area contributed by atoms with Crippen LogP contribution in [0.2, 0.25) is 5.02 Å². The number of fused-ring (bicyclic) bond motifs is 5. The summed E-state index contributed by atoms with van der Waals surface area (Å²) in [6.07, 6.45) is 4.20. The summed E-state index contributed by atoms with van der Waals surface area (Å²) in [4.78, 5) is 55.2. The molecule has 3 aliphatic rings. The van der Waals surface area contributed by atoms with Crippen molar-refractivity contribution in [2.45, 2.75) is 76.4 Å². The van der Waals surface area contributed by atoms with E-state index in [-0.39, 0.29) is 23.4 Å². The highest BCUT2D eigenvalue weighted by atomic mass is 35.5. The van der Waals surface area contributed by atoms with Crippen LogP contribution < -0.4 is 20.7 Å². The molecule has 0 saturated carbocycles. The van der Waals surface area contributed by atoms with E-state index in [1.165, 1.54) is 26.1 Å². The van der Waals surface area contributed by atoms with E-state index in [2.05, 4.69) is 5.32 Å². The minimum atomic E-state index is -1.21. The maximum absolute atomic E-state index is 14.5. The molecule has 3 amide bonds. The summed E-state index contributed by atoms with van der Waals surface area (Å²) in [6.45, 7) is 4.85. The third kappa shape index (κ3) is 8.34. The Hall–Kier alpha value is -4.69. The van der Waals surface area contributed by atoms with E-state index in [0.29, 0.717) is 42.8 Å². The molecule has 6 atom stereocenters. The molecule has 0 radical (unpaired) electrons. The number of nitrogen functional groups attached to an aromatic ring is 1. The summed E-state index contributed by atoms with van der Waals surface area (Å²) in [5.41, 5.74) is 5.32. The molecule has 0 aromatic heterocycles. The number of nitrogens with two attached hydrogens (primary N) is 1. The number of methoxy groups -OCH3 is 1. The maximum Gasteiger partial charge on any atom is 0.407 e. The number of nitrogens with one attached hydrogen (secondary N) is 1. The van der Waals surface area contributed by atoms with E-state index < -0.39 is 77.2 Å². The molecule has 2 aromatic carbocycles. The molecule has 4 bridgehead atoms. The Morgan fingerprint density at radius 1 is 1.19 bits per heavy atom. The first-order valence-electron chi connectivity index (χ1n) is 16.8. The van der Waals surface area contributed by atoms with Gasteiger partial charge in [-0.05, 0) is 50.5 Å². The molecule has 3 aliphatic heterocycles. The number of alkyl carbamates (subject to hydrolysis) is 1. The van der Waals surface area contributed by atoms with Crippen molar-refractivity contribution in [3.63, 3.8) is 0 Å². The van der Waals surface area contributed by atoms with Crippen LogP contribution in [-0.4, -0.2) is 86.5 Å². The van der Waals surface area contributed by atoms with Crippen molar-refractivity contribution in [2.24, 2.45) is 5.92 Å². The second-order valence-corrected chi connectivity index (χ2v) is 14.1. The van der Waals surface area contributed by atoms with Gasteiger partial charge in [-0.25, -0.2) is 13.6 Å². The average molecular weight is 745 g/mol. The predicted octanol–water partition coefficient (Wildman–Crippen LogP) is 5.36. The molecule has 52 heavy (non-hydrogen) atoms. The van der Waals surface area contributed by atoms with E-state index in [1.54, 1.807) is 19.1 Å². The lowest BCUT2D eigenvalue weighted by atomic mass is 9.85. The van der Waals surface area contributed by atoms with Gasteiger partial charge in [0.15, 0.2) is 0 Å². The molecule has 15 heteroatoms. The van der Waals surface area contributed by atoms with Crippen LogP contribution in [0.15, 0.2) is 48.1 Å². The van der Waals surface area contributed by atoms with Crippen molar-refractivity contribution < 1.29 is 46.9 Å². The fraction of sp³-hybridized carbons (Fsp3) is 0.459. The van der Waals surface area contributed by atoms with Gasteiger partial charge in [0.05, 0.1) is 36.6 Å². The van der Waals surface area contributed by atoms with Crippen LogP contribution >= 0.6 is 11.6 Å². The number of nitrogens with zero attached hydrogens (tertiary/aromatic N) is 2. The highest BCUT2D eigenvalue weighted by Gasteiger charge is 2.63. The lowest BCUT2D eigenvalue weighted by Gasteiger charge is -2.33. The number of carbonyl (C=O) groups excluding carboxylic acids is 4. The van der Waals surface area contributed by atoms with Gasteiger partial charge in [-0.2, -0.15) is 0 Å². The second kappa shape index (κ2) is 15.5. The summed E-state index contributed by atoms with van der Waals surface area (Å²) in [5.74, 6) is -4.46. The maximum atomic E-state index is 14.5. The van der Waals surface area contributed by atoms with Crippen molar-refractivity contribution in [1.82, 2.24) is 10.2 Å². The minimum absolute atomic E-state index is 0.204. The van der Waals surface area contributed by atoms with Gasteiger partial charge in [0.1, 0.15) is 46.8 Å². The fourth-order valence-corrected chi connectivity index (χ4v) is 7.01. The molecule has 3 heterocycles. The number of carbonyl (C=O) groups is 4. The van der Waals surface area contributed by atoms with Crippen molar-refractivity contribution in [3.05, 3.63) is 75.9 Å². The Morgan fingerprint density at radius 2 is 1.92 bits per heavy atom. The number of rotatable bonds is 5. The van der Waals surface area contributed by atoms with Crippen LogP contribution in [0.3, 0.4) is 0 Å². The zero-order valence-electron chi connectivity index (χ0n) is 29.8. The van der Waals surface area contributed by atoms with Gasteiger partial charge in [-0.3, -0.25) is 14.4 Å². The summed E-state index contributed by atoms with van der Waals surface area (Å²) in [6, 6.07) is 4.72. The van der Waals surface area contributed by atoms with E-state index in [4.69, 9.17) is 36.3 Å². The van der Waals surface area contributed by atoms with Gasteiger partial charge in [0.2, 0.25) is 5.91 Å². The molecule has 12 nitrogen and oxygen atoms in total. The lowest BCUT2D eigenvalue weighted by molar-refractivity contribution is -0.154. The van der Waals surface area contributed by atoms with E-state index in [0.717, 1.165) is 16.0 Å². The number of hydrogen-bond acceptors (Lipinski definition) is 9. The number of benzene rings is 2. The summed E-state index contributed by atoms with van der Waals surface area (Å²) < 4.78 is 51.9. The topological polar surface area (TPSA) is 153 Å². The fourth-order valence-electron chi connectivity index (χ4n) is 6.70. The first kappa shape index (κ1) is 38.5. The van der Waals surface area contributed by atoms with Crippen LogP contribution in [0.5, 0.6) is 5.75 Å². The van der Waals surface area contributed by atoms with E-state index >= 15 is 0 Å². The average Bonchev–Trinajstić information content (AvgIpc) is 3.79. The summed E-state index contributed by atoms with van der Waals surface area (Å²) in [7, 11) is 4.24. The molecule has 5 rings (SSSR count). The highest BCUT2D eigenvalue weighted by Crippen LogP contribution is 2.48. The van der Waals surface area contributed by atoms with Crippen molar-refractivity contribution in [3.8, 4) is 5.75 Å². The molecule has 0 spiro atoms. The molecule has 2 saturated heterocycles. The van der Waals surface area contributed by atoms with Gasteiger partial charge in [0, 0.05) is 38.5 Å². The van der Waals surface area contributed by atoms with Crippen molar-refractivity contribution in [1.29, 1.82) is 0 Å². The monoisotopic (exact) mass is 744 g/mol. The van der Waals surface area contributed by atoms with Gasteiger partial charge in [-0.1, -0.05) is 42.3 Å². The minimum Gasteiger partial charge on any atom is -0.495 e. The Kier molecular flexibility index (Phi) is 11.5. The van der Waals surface area contributed by atoms with Crippen LogP contribution in [0, 0.1) is 17.6 Å². The van der Waals surface area contributed by atoms with E-state index in [1.807, 2.05) is 32.1 Å². The molecular weight excluding hydrogens is 702 g/mol. The molecule has 3 N–H and O–H groups in total. The normalized spacial score (nSPS) is 28.0. The molecule has 280 valence electrons. The largest absolute Gasteiger partial charge is 0.495 e. The number of esters is 1. The van der Waals surface area contributed by atoms with Crippen molar-refractivity contribution in [2.75, 3.05) is 38.4 Å². The number of epoxide rings is 1. The number of anilines is 2. The Bertz CT molecular complexity index is 1820. The predicted molar refractivity (Wildman–Crippen MR) is 189 cm³/mol. The van der Waals surface area contributed by atoms with Crippen LogP contribution in [0.25, 0.3) is 0 Å². The van der Waals surface area contributed by atoms with Gasteiger partial charge >= 0.3 is 12.1 Å². The zero-order chi connectivity index (χ0) is 38.1. The summed E-state index contributed by atoms with van der Waals surface area (Å²) in [5, 5.41) is 3.06. The number of allylic oxidation sites excluding steroid dienone is 3. The van der Waals surface area contributed by atoms with Crippen LogP contribution in [-0.2, 0) is 30.2 Å². The van der Waals surface area contributed by atoms with E-state index in [9.17, 15) is 28.0 Å². The Balaban J connectivity index is 1.45. The van der Waals surface area contributed by atoms with Gasteiger partial charge < -0.3 is 39.8 Å². The quantitative estimate of drug-likeness (QED) is 0.234. The third-order valence-corrected chi connectivity index (χ3v) is 10.2.